The summed E-state index contributed by atoms with van der Waals surface area (Å²) < 4.78 is 42.3. The molecular weight excluding hydrogens is 417 g/mol. The highest BCUT2D eigenvalue weighted by Crippen LogP contribution is 2.39. The number of benzene rings is 1. The maximum atomic E-state index is 13.9. The van der Waals surface area contributed by atoms with Gasteiger partial charge < -0.3 is 4.90 Å². The first-order valence-corrected chi connectivity index (χ1v) is 11.2. The van der Waals surface area contributed by atoms with Crippen LogP contribution in [0.4, 0.5) is 13.2 Å². The summed E-state index contributed by atoms with van der Waals surface area (Å²) in [5.41, 5.74) is -0.129. The Morgan fingerprint density at radius 2 is 1.81 bits per heavy atom. The van der Waals surface area contributed by atoms with Crippen molar-refractivity contribution < 1.29 is 18.0 Å². The van der Waals surface area contributed by atoms with E-state index < -0.39 is 11.9 Å². The maximum absolute atomic E-state index is 13.9. The second-order valence-electron chi connectivity index (χ2n) is 8.97. The molecule has 1 aliphatic heterocycles. The Bertz CT molecular complexity index is 1140. The number of halogens is 3. The van der Waals surface area contributed by atoms with Gasteiger partial charge in [0.25, 0.3) is 5.91 Å². The van der Waals surface area contributed by atoms with E-state index in [9.17, 15) is 18.0 Å². The van der Waals surface area contributed by atoms with Gasteiger partial charge in [0.2, 0.25) is 0 Å². The Kier molecular flexibility index (Phi) is 5.18. The summed E-state index contributed by atoms with van der Waals surface area (Å²) in [5, 5.41) is 4.09. The van der Waals surface area contributed by atoms with Gasteiger partial charge in [0.1, 0.15) is 0 Å². The average molecular weight is 442 g/mol. The third-order valence-corrected chi connectivity index (χ3v) is 7.01. The summed E-state index contributed by atoms with van der Waals surface area (Å²) in [6.07, 6.45) is 0.557. The molecule has 0 unspecified atom stereocenters. The molecule has 5 rings (SSSR count). The van der Waals surface area contributed by atoms with Gasteiger partial charge in [0.15, 0.2) is 17.0 Å². The van der Waals surface area contributed by atoms with E-state index >= 15 is 0 Å². The molecule has 1 amide bonds. The van der Waals surface area contributed by atoms with Crippen LogP contribution >= 0.6 is 0 Å². The highest BCUT2D eigenvalue weighted by Gasteiger charge is 2.41. The number of carbonyl (C=O) groups is 1. The van der Waals surface area contributed by atoms with Gasteiger partial charge in [-0.3, -0.25) is 4.79 Å². The van der Waals surface area contributed by atoms with E-state index in [1.54, 1.807) is 30.3 Å². The van der Waals surface area contributed by atoms with Crippen molar-refractivity contribution >= 4 is 11.6 Å². The molecule has 0 bridgehead atoms. The summed E-state index contributed by atoms with van der Waals surface area (Å²) in [5.74, 6) is 0.707. The van der Waals surface area contributed by atoms with Crippen molar-refractivity contribution in [3.63, 3.8) is 0 Å². The number of piperidine rings is 1. The molecule has 5 nitrogen and oxygen atoms in total. The zero-order valence-corrected chi connectivity index (χ0v) is 17.8. The van der Waals surface area contributed by atoms with Gasteiger partial charge in [-0.2, -0.15) is 18.3 Å². The molecule has 0 spiro atoms. The van der Waals surface area contributed by atoms with Gasteiger partial charge in [-0.25, -0.2) is 9.50 Å². The standard InChI is InChI=1S/C24H25F3N4O/c1-15-11-12-30(20-10-6-5-9-17(15)20)23(32)19-14-22-28-18(16-7-3-2-4-8-16)13-21(24(25,26)27)31(22)29-19/h2-4,7-8,13-15,17,20H,5-6,9-12H2,1H3/t15-,17+,20+/m0/s1. The number of carbonyl (C=O) groups excluding carboxylic acids is 1. The number of fused-ring (bicyclic) bond motifs is 2. The molecule has 1 saturated heterocycles. The normalized spacial score (nSPS) is 23.9. The fourth-order valence-corrected chi connectivity index (χ4v) is 5.35. The number of aromatic nitrogens is 3. The van der Waals surface area contributed by atoms with Crippen LogP contribution in [0.15, 0.2) is 42.5 Å². The van der Waals surface area contributed by atoms with Crippen molar-refractivity contribution in [2.75, 3.05) is 6.54 Å². The Labute approximate surface area is 184 Å². The molecule has 32 heavy (non-hydrogen) atoms. The lowest BCUT2D eigenvalue weighted by Crippen LogP contribution is -2.52. The largest absolute Gasteiger partial charge is 0.433 e. The second kappa shape index (κ2) is 7.90. The van der Waals surface area contributed by atoms with E-state index in [1.165, 1.54) is 12.5 Å². The van der Waals surface area contributed by atoms with E-state index in [-0.39, 0.29) is 29.0 Å². The fraction of sp³-hybridized carbons (Fsp3) is 0.458. The number of likely N-dealkylation sites (tertiary alicyclic amines) is 1. The van der Waals surface area contributed by atoms with Gasteiger partial charge >= 0.3 is 6.18 Å². The SMILES string of the molecule is C[C@H]1CCN(C(=O)c2cc3nc(-c4ccccc4)cc(C(F)(F)F)n3n2)[C@@H]2CCCC[C@@H]21. The van der Waals surface area contributed by atoms with Crippen LogP contribution in [-0.2, 0) is 6.18 Å². The lowest BCUT2D eigenvalue weighted by atomic mass is 9.72. The molecular formula is C24H25F3N4O. The Balaban J connectivity index is 1.56. The number of hydrogen-bond acceptors (Lipinski definition) is 3. The number of hydrogen-bond donors (Lipinski definition) is 0. The summed E-state index contributed by atoms with van der Waals surface area (Å²) in [4.78, 5) is 19.6. The first-order valence-electron chi connectivity index (χ1n) is 11.2. The molecule has 0 radical (unpaired) electrons. The minimum absolute atomic E-state index is 0.0205. The number of nitrogens with zero attached hydrogens (tertiary/aromatic N) is 4. The summed E-state index contributed by atoms with van der Waals surface area (Å²) in [7, 11) is 0. The Hall–Kier alpha value is -2.90. The van der Waals surface area contributed by atoms with Crippen molar-refractivity contribution in [1.82, 2.24) is 19.5 Å². The topological polar surface area (TPSA) is 50.5 Å². The molecule has 0 N–H and O–H groups in total. The zero-order chi connectivity index (χ0) is 22.5. The lowest BCUT2D eigenvalue weighted by Gasteiger charge is -2.47. The Morgan fingerprint density at radius 3 is 2.56 bits per heavy atom. The van der Waals surface area contributed by atoms with Crippen molar-refractivity contribution in [1.29, 1.82) is 0 Å². The van der Waals surface area contributed by atoms with Crippen LogP contribution < -0.4 is 0 Å². The Morgan fingerprint density at radius 1 is 1.06 bits per heavy atom. The molecule has 168 valence electrons. The van der Waals surface area contributed by atoms with Crippen molar-refractivity contribution in [3.05, 3.63) is 53.9 Å². The van der Waals surface area contributed by atoms with Crippen molar-refractivity contribution in [2.24, 2.45) is 11.8 Å². The monoisotopic (exact) mass is 442 g/mol. The zero-order valence-electron chi connectivity index (χ0n) is 17.8. The third-order valence-electron chi connectivity index (χ3n) is 7.01. The van der Waals surface area contributed by atoms with Gasteiger partial charge in [0, 0.05) is 24.2 Å². The van der Waals surface area contributed by atoms with Crippen LogP contribution in [-0.4, -0.2) is 38.0 Å². The van der Waals surface area contributed by atoms with Crippen molar-refractivity contribution in [3.8, 4) is 11.3 Å². The van der Waals surface area contributed by atoms with Crippen LogP contribution in [0.3, 0.4) is 0 Å². The minimum atomic E-state index is -4.63. The van der Waals surface area contributed by atoms with E-state index in [1.807, 2.05) is 4.90 Å². The van der Waals surface area contributed by atoms with Crippen LogP contribution in [0.25, 0.3) is 16.9 Å². The van der Waals surface area contributed by atoms with E-state index in [4.69, 9.17) is 0 Å². The summed E-state index contributed by atoms with van der Waals surface area (Å²) >= 11 is 0. The summed E-state index contributed by atoms with van der Waals surface area (Å²) in [6, 6.07) is 11.2. The number of amides is 1. The highest BCUT2D eigenvalue weighted by molar-refractivity contribution is 5.93. The van der Waals surface area contributed by atoms with Gasteiger partial charge in [-0.1, -0.05) is 50.1 Å². The molecule has 2 aliphatic rings. The summed E-state index contributed by atoms with van der Waals surface area (Å²) in [6.45, 7) is 2.85. The lowest BCUT2D eigenvalue weighted by molar-refractivity contribution is -0.142. The maximum Gasteiger partial charge on any atom is 0.433 e. The van der Waals surface area contributed by atoms with E-state index in [0.717, 1.165) is 36.3 Å². The van der Waals surface area contributed by atoms with Crippen LogP contribution in [0, 0.1) is 11.8 Å². The van der Waals surface area contributed by atoms with Gasteiger partial charge in [0.05, 0.1) is 5.69 Å². The second-order valence-corrected chi connectivity index (χ2v) is 8.97. The van der Waals surface area contributed by atoms with Gasteiger partial charge in [-0.05, 0) is 37.2 Å². The van der Waals surface area contributed by atoms with E-state index in [0.29, 0.717) is 23.9 Å². The molecule has 3 heterocycles. The molecule has 1 aliphatic carbocycles. The first kappa shape index (κ1) is 21.0. The molecule has 8 heteroatoms. The van der Waals surface area contributed by atoms with Crippen molar-refractivity contribution in [2.45, 2.75) is 51.2 Å². The van der Waals surface area contributed by atoms with E-state index in [2.05, 4.69) is 17.0 Å². The van der Waals surface area contributed by atoms with Crippen LogP contribution in [0.1, 0.15) is 55.2 Å². The quantitative estimate of drug-likeness (QED) is 0.530. The molecule has 3 aromatic rings. The molecule has 3 atom stereocenters. The average Bonchev–Trinajstić information content (AvgIpc) is 3.22. The molecule has 1 saturated carbocycles. The predicted molar refractivity (Wildman–Crippen MR) is 114 cm³/mol. The molecule has 2 aromatic heterocycles. The van der Waals surface area contributed by atoms with Crippen LogP contribution in [0.2, 0.25) is 0 Å². The first-order chi connectivity index (χ1) is 15.3. The number of alkyl halides is 3. The van der Waals surface area contributed by atoms with Gasteiger partial charge in [-0.15, -0.1) is 0 Å². The highest BCUT2D eigenvalue weighted by atomic mass is 19.4. The molecule has 1 aromatic carbocycles. The smallest absolute Gasteiger partial charge is 0.334 e. The number of rotatable bonds is 2. The fourth-order valence-electron chi connectivity index (χ4n) is 5.35. The minimum Gasteiger partial charge on any atom is -0.334 e. The molecule has 2 fully saturated rings. The third kappa shape index (κ3) is 3.65. The predicted octanol–water partition coefficient (Wildman–Crippen LogP) is 5.46. The van der Waals surface area contributed by atoms with Crippen LogP contribution in [0.5, 0.6) is 0 Å².